The SMILES string of the molecule is CC[C@H]1C/C=C/C[C@@H](C)Oc2ccccc2C(=O)N(C)[C@@H](Cc2ccccc2)C(=O)N1.CC[C@H]1C/C=C\C[C@@H](C)Oc2ccccc2C(=O)N(C)[C@@H](Cc2ccccc2)C(=O)N1. The molecule has 2 heterocycles. The van der Waals surface area contributed by atoms with Crippen LogP contribution in [0.2, 0.25) is 0 Å². The molecule has 4 aromatic rings. The number of carbonyl (C=O) groups is 4. The number of likely N-dealkylation sites (N-methyl/N-ethyl adjacent to an activating group) is 2. The number of para-hydroxylation sites is 2. The molecule has 10 nitrogen and oxygen atoms in total. The van der Waals surface area contributed by atoms with Crippen LogP contribution in [0.3, 0.4) is 0 Å². The standard InChI is InChI=1S/2C26H32N2O3/c2*1-4-21-15-9-8-12-19(2)31-24-17-11-10-16-22(24)26(30)28(3)23(25(29)27-21)18-20-13-6-5-7-14-20/h2*5-11,13-14,16-17,19,21,23H,4,12,15,18H2,1-3H3,(H,27,29)/b9-8+;9-8-/t2*19-,21+,23+/m11/s1. The molecular weight excluding hydrogens is 777 g/mol. The van der Waals surface area contributed by atoms with E-state index in [4.69, 9.17) is 9.47 Å². The van der Waals surface area contributed by atoms with E-state index < -0.39 is 12.1 Å². The summed E-state index contributed by atoms with van der Waals surface area (Å²) < 4.78 is 12.2. The van der Waals surface area contributed by atoms with Crippen LogP contribution in [0.15, 0.2) is 133 Å². The third-order valence-electron chi connectivity index (χ3n) is 11.4. The van der Waals surface area contributed by atoms with Crippen LogP contribution in [0, 0.1) is 0 Å². The van der Waals surface area contributed by atoms with E-state index >= 15 is 0 Å². The van der Waals surface area contributed by atoms with Crippen LogP contribution in [0.5, 0.6) is 11.5 Å². The Balaban J connectivity index is 0.000000234. The summed E-state index contributed by atoms with van der Waals surface area (Å²) in [4.78, 5) is 56.6. The first-order chi connectivity index (χ1) is 30.0. The lowest BCUT2D eigenvalue weighted by Crippen LogP contribution is -2.51. The third-order valence-corrected chi connectivity index (χ3v) is 11.4. The van der Waals surface area contributed by atoms with Crippen molar-refractivity contribution >= 4 is 23.6 Å². The number of amides is 4. The van der Waals surface area contributed by atoms with Gasteiger partial charge in [0.1, 0.15) is 23.6 Å². The fraction of sp³-hybridized carbons (Fsp3) is 0.385. The topological polar surface area (TPSA) is 117 Å². The Kier molecular flexibility index (Phi) is 18.0. The molecule has 0 aromatic heterocycles. The summed E-state index contributed by atoms with van der Waals surface area (Å²) in [6, 6.07) is 32.9. The number of nitrogens with one attached hydrogen (secondary N) is 2. The van der Waals surface area contributed by atoms with Gasteiger partial charge in [0, 0.05) is 51.9 Å². The Bertz CT molecular complexity index is 1970. The van der Waals surface area contributed by atoms with E-state index in [1.807, 2.05) is 111 Å². The lowest BCUT2D eigenvalue weighted by molar-refractivity contribution is -0.126. The van der Waals surface area contributed by atoms with E-state index in [2.05, 4.69) is 48.8 Å². The molecular formula is C52H64N4O6. The highest BCUT2D eigenvalue weighted by Crippen LogP contribution is 2.26. The molecule has 0 saturated carbocycles. The van der Waals surface area contributed by atoms with Crippen molar-refractivity contribution in [3.8, 4) is 11.5 Å². The molecule has 6 rings (SSSR count). The minimum absolute atomic E-state index is 0.0250. The molecule has 0 spiro atoms. The van der Waals surface area contributed by atoms with Crippen molar-refractivity contribution in [2.75, 3.05) is 14.1 Å². The number of ether oxygens (including phenoxy) is 2. The van der Waals surface area contributed by atoms with Crippen LogP contribution in [0.25, 0.3) is 0 Å². The van der Waals surface area contributed by atoms with Gasteiger partial charge in [0.15, 0.2) is 0 Å². The summed E-state index contributed by atoms with van der Waals surface area (Å²) in [5.74, 6) is 0.372. The second-order valence-corrected chi connectivity index (χ2v) is 16.2. The highest BCUT2D eigenvalue weighted by Gasteiger charge is 2.32. The van der Waals surface area contributed by atoms with E-state index in [1.54, 1.807) is 36.0 Å². The number of fused-ring (bicyclic) bond motifs is 2. The minimum atomic E-state index is -0.624. The van der Waals surface area contributed by atoms with E-state index in [0.29, 0.717) is 35.5 Å². The molecule has 2 aliphatic rings. The summed E-state index contributed by atoms with van der Waals surface area (Å²) in [6.07, 6.45) is 13.8. The number of nitrogens with zero attached hydrogens (tertiary/aromatic N) is 2. The second kappa shape index (κ2) is 23.7. The van der Waals surface area contributed by atoms with Crippen molar-refractivity contribution in [2.24, 2.45) is 0 Å². The first-order valence-electron chi connectivity index (χ1n) is 22.0. The molecule has 0 bridgehead atoms. The van der Waals surface area contributed by atoms with Crippen molar-refractivity contribution in [1.29, 1.82) is 0 Å². The Morgan fingerprint density at radius 3 is 1.21 bits per heavy atom. The van der Waals surface area contributed by atoms with Gasteiger partial charge in [-0.2, -0.15) is 0 Å². The Hall–Kier alpha value is -6.16. The number of hydrogen-bond donors (Lipinski definition) is 2. The van der Waals surface area contributed by atoms with Gasteiger partial charge in [-0.1, -0.05) is 123 Å². The molecule has 0 aliphatic carbocycles. The summed E-state index contributed by atoms with van der Waals surface area (Å²) >= 11 is 0. The van der Waals surface area contributed by atoms with E-state index in [9.17, 15) is 19.2 Å². The van der Waals surface area contributed by atoms with Gasteiger partial charge in [0.2, 0.25) is 11.8 Å². The molecule has 6 atom stereocenters. The highest BCUT2D eigenvalue weighted by molar-refractivity contribution is 6.00. The van der Waals surface area contributed by atoms with Crippen molar-refractivity contribution < 1.29 is 28.7 Å². The van der Waals surface area contributed by atoms with E-state index in [1.165, 1.54) is 0 Å². The summed E-state index contributed by atoms with van der Waals surface area (Å²) in [7, 11) is 3.39. The maximum atomic E-state index is 13.5. The average Bonchev–Trinajstić information content (AvgIpc) is 3.29. The highest BCUT2D eigenvalue weighted by atomic mass is 16.5. The smallest absolute Gasteiger partial charge is 0.258 e. The van der Waals surface area contributed by atoms with Crippen LogP contribution in [-0.2, 0) is 22.4 Å². The largest absolute Gasteiger partial charge is 0.490 e. The first-order valence-corrected chi connectivity index (χ1v) is 22.0. The quantitative estimate of drug-likeness (QED) is 0.188. The van der Waals surface area contributed by atoms with Gasteiger partial charge >= 0.3 is 0 Å². The molecule has 0 radical (unpaired) electrons. The number of carbonyl (C=O) groups excluding carboxylic acids is 4. The summed E-state index contributed by atoms with van der Waals surface area (Å²) in [5.41, 5.74) is 2.95. The van der Waals surface area contributed by atoms with Gasteiger partial charge in [-0.05, 0) is 74.9 Å². The zero-order valence-electron chi connectivity index (χ0n) is 37.2. The molecule has 4 amide bonds. The Morgan fingerprint density at radius 1 is 0.500 bits per heavy atom. The minimum Gasteiger partial charge on any atom is -0.490 e. The molecule has 4 aromatic carbocycles. The van der Waals surface area contributed by atoms with E-state index in [-0.39, 0.29) is 47.9 Å². The Labute approximate surface area is 368 Å². The molecule has 328 valence electrons. The predicted octanol–water partition coefficient (Wildman–Crippen LogP) is 8.76. The van der Waals surface area contributed by atoms with Crippen molar-refractivity contribution in [3.05, 3.63) is 156 Å². The number of hydrogen-bond acceptors (Lipinski definition) is 6. The predicted molar refractivity (Wildman–Crippen MR) is 246 cm³/mol. The van der Waals surface area contributed by atoms with Gasteiger partial charge in [0.25, 0.3) is 11.8 Å². The van der Waals surface area contributed by atoms with Crippen LogP contribution < -0.4 is 20.1 Å². The number of benzene rings is 4. The molecule has 62 heavy (non-hydrogen) atoms. The summed E-state index contributed by atoms with van der Waals surface area (Å²) in [5, 5.41) is 6.32. The lowest BCUT2D eigenvalue weighted by atomic mass is 10.0. The van der Waals surface area contributed by atoms with E-state index in [0.717, 1.165) is 49.7 Å². The van der Waals surface area contributed by atoms with Crippen molar-refractivity contribution in [1.82, 2.24) is 20.4 Å². The third kappa shape index (κ3) is 13.4. The molecule has 2 aliphatic heterocycles. The monoisotopic (exact) mass is 840 g/mol. The fourth-order valence-electron chi connectivity index (χ4n) is 7.52. The van der Waals surface area contributed by atoms with Gasteiger partial charge in [0.05, 0.1) is 23.3 Å². The zero-order chi connectivity index (χ0) is 44.4. The van der Waals surface area contributed by atoms with Crippen LogP contribution in [0.4, 0.5) is 0 Å². The van der Waals surface area contributed by atoms with Crippen LogP contribution >= 0.6 is 0 Å². The molecule has 0 saturated heterocycles. The normalized spacial score (nSPS) is 23.8. The Morgan fingerprint density at radius 2 is 0.839 bits per heavy atom. The maximum absolute atomic E-state index is 13.5. The molecule has 2 N–H and O–H groups in total. The average molecular weight is 841 g/mol. The molecule has 0 unspecified atom stereocenters. The lowest BCUT2D eigenvalue weighted by Gasteiger charge is -2.30. The van der Waals surface area contributed by atoms with Crippen LogP contribution in [-0.4, -0.2) is 83.9 Å². The second-order valence-electron chi connectivity index (χ2n) is 16.2. The maximum Gasteiger partial charge on any atom is 0.258 e. The fourth-order valence-corrected chi connectivity index (χ4v) is 7.52. The van der Waals surface area contributed by atoms with Crippen molar-refractivity contribution in [3.63, 3.8) is 0 Å². The number of rotatable bonds is 6. The molecule has 0 fully saturated rings. The van der Waals surface area contributed by atoms with Crippen molar-refractivity contribution in [2.45, 2.75) is 115 Å². The first kappa shape index (κ1) is 46.9. The van der Waals surface area contributed by atoms with Gasteiger partial charge in [-0.15, -0.1) is 0 Å². The van der Waals surface area contributed by atoms with Gasteiger partial charge in [-0.3, -0.25) is 19.2 Å². The molecule has 10 heteroatoms. The summed E-state index contributed by atoms with van der Waals surface area (Å²) in [6.45, 7) is 8.12. The van der Waals surface area contributed by atoms with Gasteiger partial charge < -0.3 is 29.9 Å². The van der Waals surface area contributed by atoms with Crippen LogP contribution in [0.1, 0.15) is 98.1 Å². The zero-order valence-corrected chi connectivity index (χ0v) is 37.2. The van der Waals surface area contributed by atoms with Gasteiger partial charge in [-0.25, -0.2) is 0 Å².